The molecule has 15 heavy (non-hydrogen) atoms. The molecule has 1 aromatic carbocycles. The standard InChI is InChI=1S/C9H11ClN2O3/c10-5-9(13)6-11-7-2-1-3-8(4-7)12(14)15/h1-4,9,11,13H,5-6H2. The molecule has 0 aromatic heterocycles. The van der Waals surface area contributed by atoms with E-state index in [1.165, 1.54) is 12.1 Å². The lowest BCUT2D eigenvalue weighted by Crippen LogP contribution is -2.20. The van der Waals surface area contributed by atoms with E-state index in [2.05, 4.69) is 5.32 Å². The van der Waals surface area contributed by atoms with Crippen LogP contribution in [-0.2, 0) is 0 Å². The van der Waals surface area contributed by atoms with Crippen molar-refractivity contribution >= 4 is 23.0 Å². The fourth-order valence-electron chi connectivity index (χ4n) is 1.02. The Morgan fingerprint density at radius 2 is 2.33 bits per heavy atom. The van der Waals surface area contributed by atoms with Gasteiger partial charge in [0.25, 0.3) is 5.69 Å². The average Bonchev–Trinajstić information content (AvgIpc) is 2.26. The number of benzene rings is 1. The molecule has 0 saturated heterocycles. The summed E-state index contributed by atoms with van der Waals surface area (Å²) in [6.07, 6.45) is -0.661. The Balaban J connectivity index is 2.62. The first kappa shape index (κ1) is 11.7. The number of aliphatic hydroxyl groups is 1. The van der Waals surface area contributed by atoms with Gasteiger partial charge in [0, 0.05) is 24.4 Å². The number of hydrogen-bond donors (Lipinski definition) is 2. The molecule has 0 saturated carbocycles. The zero-order valence-corrected chi connectivity index (χ0v) is 8.65. The van der Waals surface area contributed by atoms with Crippen molar-refractivity contribution in [1.82, 2.24) is 0 Å². The van der Waals surface area contributed by atoms with Crippen molar-refractivity contribution in [3.8, 4) is 0 Å². The maximum atomic E-state index is 10.5. The van der Waals surface area contributed by atoms with E-state index < -0.39 is 11.0 Å². The predicted octanol–water partition coefficient (Wildman–Crippen LogP) is 1.61. The van der Waals surface area contributed by atoms with Crippen LogP contribution < -0.4 is 5.32 Å². The quantitative estimate of drug-likeness (QED) is 0.458. The first-order chi connectivity index (χ1) is 7.13. The van der Waals surface area contributed by atoms with Crippen LogP contribution in [0.1, 0.15) is 0 Å². The van der Waals surface area contributed by atoms with Crippen molar-refractivity contribution in [2.45, 2.75) is 6.10 Å². The highest BCUT2D eigenvalue weighted by Crippen LogP contribution is 2.16. The second-order valence-electron chi connectivity index (χ2n) is 3.00. The monoisotopic (exact) mass is 230 g/mol. The molecule has 1 atom stereocenters. The summed E-state index contributed by atoms with van der Waals surface area (Å²) in [5.74, 6) is 0.127. The molecule has 82 valence electrons. The first-order valence-corrected chi connectivity index (χ1v) is 4.89. The van der Waals surface area contributed by atoms with Crippen LogP contribution >= 0.6 is 11.6 Å². The number of nitro groups is 1. The van der Waals surface area contributed by atoms with Gasteiger partial charge in [-0.15, -0.1) is 11.6 Å². The van der Waals surface area contributed by atoms with Crippen LogP contribution in [0.2, 0.25) is 0 Å². The van der Waals surface area contributed by atoms with Crippen molar-refractivity contribution in [2.24, 2.45) is 0 Å². The van der Waals surface area contributed by atoms with E-state index >= 15 is 0 Å². The number of nitrogens with one attached hydrogen (secondary N) is 1. The smallest absolute Gasteiger partial charge is 0.271 e. The Kier molecular flexibility index (Phi) is 4.33. The van der Waals surface area contributed by atoms with E-state index in [0.717, 1.165) is 0 Å². The number of halogens is 1. The predicted molar refractivity (Wildman–Crippen MR) is 58.3 cm³/mol. The van der Waals surface area contributed by atoms with Crippen LogP contribution in [0.4, 0.5) is 11.4 Å². The highest BCUT2D eigenvalue weighted by molar-refractivity contribution is 6.18. The van der Waals surface area contributed by atoms with Crippen molar-refractivity contribution in [3.63, 3.8) is 0 Å². The summed E-state index contributed by atoms with van der Waals surface area (Å²) in [4.78, 5) is 9.99. The molecule has 0 aliphatic heterocycles. The van der Waals surface area contributed by atoms with Gasteiger partial charge in [0.15, 0.2) is 0 Å². The summed E-state index contributed by atoms with van der Waals surface area (Å²) in [7, 11) is 0. The summed E-state index contributed by atoms with van der Waals surface area (Å²) >= 11 is 5.40. The number of non-ortho nitro benzene ring substituents is 1. The molecule has 0 fully saturated rings. The van der Waals surface area contributed by atoms with Gasteiger partial charge in [-0.3, -0.25) is 10.1 Å². The highest BCUT2D eigenvalue weighted by atomic mass is 35.5. The number of nitrogens with zero attached hydrogens (tertiary/aromatic N) is 1. The van der Waals surface area contributed by atoms with Crippen molar-refractivity contribution in [2.75, 3.05) is 17.7 Å². The second-order valence-corrected chi connectivity index (χ2v) is 3.31. The Labute approximate surface area is 91.8 Å². The van der Waals surface area contributed by atoms with Gasteiger partial charge in [-0.2, -0.15) is 0 Å². The van der Waals surface area contributed by atoms with Crippen LogP contribution in [0.25, 0.3) is 0 Å². The minimum Gasteiger partial charge on any atom is -0.390 e. The molecule has 6 heteroatoms. The van der Waals surface area contributed by atoms with Gasteiger partial charge in [-0.05, 0) is 6.07 Å². The average molecular weight is 231 g/mol. The highest BCUT2D eigenvalue weighted by Gasteiger charge is 2.06. The van der Waals surface area contributed by atoms with E-state index in [1.54, 1.807) is 12.1 Å². The number of aliphatic hydroxyl groups excluding tert-OH is 1. The topological polar surface area (TPSA) is 75.4 Å². The van der Waals surface area contributed by atoms with Gasteiger partial charge in [-0.25, -0.2) is 0 Å². The van der Waals surface area contributed by atoms with Crippen LogP contribution in [-0.4, -0.2) is 28.6 Å². The molecule has 0 aliphatic rings. The normalized spacial score (nSPS) is 12.1. The lowest BCUT2D eigenvalue weighted by atomic mass is 10.2. The lowest BCUT2D eigenvalue weighted by Gasteiger charge is -2.09. The van der Waals surface area contributed by atoms with Gasteiger partial charge in [0.2, 0.25) is 0 Å². The number of rotatable bonds is 5. The van der Waals surface area contributed by atoms with Crippen LogP contribution in [0.15, 0.2) is 24.3 Å². The third-order valence-electron chi connectivity index (χ3n) is 1.78. The molecule has 5 nitrogen and oxygen atoms in total. The maximum absolute atomic E-state index is 10.5. The number of nitro benzene ring substituents is 1. The van der Waals surface area contributed by atoms with Crippen molar-refractivity contribution in [3.05, 3.63) is 34.4 Å². The number of hydrogen-bond acceptors (Lipinski definition) is 4. The lowest BCUT2D eigenvalue weighted by molar-refractivity contribution is -0.384. The molecule has 0 spiro atoms. The second kappa shape index (κ2) is 5.53. The molecule has 1 unspecified atom stereocenters. The summed E-state index contributed by atoms with van der Waals surface area (Å²) in [5, 5.41) is 22.5. The Bertz CT molecular complexity index is 346. The maximum Gasteiger partial charge on any atom is 0.271 e. The van der Waals surface area contributed by atoms with E-state index in [9.17, 15) is 10.1 Å². The molecule has 1 rings (SSSR count). The minimum atomic E-state index is -0.661. The van der Waals surface area contributed by atoms with E-state index in [1.807, 2.05) is 0 Å². The van der Waals surface area contributed by atoms with Crippen molar-refractivity contribution in [1.29, 1.82) is 0 Å². The van der Waals surface area contributed by atoms with Gasteiger partial charge in [0.1, 0.15) is 0 Å². The third-order valence-corrected chi connectivity index (χ3v) is 2.13. The molecule has 0 bridgehead atoms. The van der Waals surface area contributed by atoms with E-state index in [4.69, 9.17) is 16.7 Å². The molecule has 0 amide bonds. The molecule has 0 aliphatic carbocycles. The Morgan fingerprint density at radius 1 is 1.60 bits per heavy atom. The van der Waals surface area contributed by atoms with Crippen LogP contribution in [0.3, 0.4) is 0 Å². The summed E-state index contributed by atoms with van der Waals surface area (Å²) in [6.45, 7) is 0.269. The van der Waals surface area contributed by atoms with Gasteiger partial charge in [-0.1, -0.05) is 6.07 Å². The Hall–Kier alpha value is -1.33. The minimum absolute atomic E-state index is 0.0142. The van der Waals surface area contributed by atoms with E-state index in [-0.39, 0.29) is 18.1 Å². The molecule has 1 aromatic rings. The molecule has 0 radical (unpaired) electrons. The zero-order valence-electron chi connectivity index (χ0n) is 7.89. The summed E-state index contributed by atoms with van der Waals surface area (Å²) in [6, 6.07) is 6.08. The van der Waals surface area contributed by atoms with Crippen molar-refractivity contribution < 1.29 is 10.0 Å². The number of anilines is 1. The first-order valence-electron chi connectivity index (χ1n) is 4.36. The van der Waals surface area contributed by atoms with Crippen LogP contribution in [0, 0.1) is 10.1 Å². The Morgan fingerprint density at radius 3 is 2.93 bits per heavy atom. The molecular weight excluding hydrogens is 220 g/mol. The number of alkyl halides is 1. The SMILES string of the molecule is O=[N+]([O-])c1cccc(NCC(O)CCl)c1. The fraction of sp³-hybridized carbons (Fsp3) is 0.333. The van der Waals surface area contributed by atoms with Gasteiger partial charge >= 0.3 is 0 Å². The molecular formula is C9H11ClN2O3. The van der Waals surface area contributed by atoms with Gasteiger partial charge < -0.3 is 10.4 Å². The summed E-state index contributed by atoms with van der Waals surface area (Å²) in [5.41, 5.74) is 0.605. The third kappa shape index (κ3) is 3.73. The molecule has 0 heterocycles. The van der Waals surface area contributed by atoms with Crippen LogP contribution in [0.5, 0.6) is 0 Å². The fourth-order valence-corrected chi connectivity index (χ4v) is 1.13. The van der Waals surface area contributed by atoms with Gasteiger partial charge in [0.05, 0.1) is 16.9 Å². The van der Waals surface area contributed by atoms with E-state index in [0.29, 0.717) is 5.69 Å². The largest absolute Gasteiger partial charge is 0.390 e. The molecule has 2 N–H and O–H groups in total. The summed E-state index contributed by atoms with van der Waals surface area (Å²) < 4.78 is 0. The zero-order chi connectivity index (χ0) is 11.3.